The third kappa shape index (κ3) is 4.34. The standard InChI is InChI=1S/C25H23NO6S/c1-31-25(27)23-19-12-14-21(26-28)24(33(29,30)18-10-6-3-7-11-18)20(19)13-15-22(23)32-16-17-8-4-2-5-9-17/h2-11,13,15,24,28H,12,14,16H2,1H3. The van der Waals surface area contributed by atoms with Crippen LogP contribution in [0.3, 0.4) is 0 Å². The molecule has 0 radical (unpaired) electrons. The molecule has 1 N–H and O–H groups in total. The molecule has 170 valence electrons. The summed E-state index contributed by atoms with van der Waals surface area (Å²) in [5, 5.41) is 11.7. The van der Waals surface area contributed by atoms with Gasteiger partial charge in [-0.25, -0.2) is 13.2 Å². The lowest BCUT2D eigenvalue weighted by Gasteiger charge is -2.28. The van der Waals surface area contributed by atoms with Crippen molar-refractivity contribution in [3.63, 3.8) is 0 Å². The van der Waals surface area contributed by atoms with E-state index < -0.39 is 21.1 Å². The molecular formula is C25H23NO6S. The van der Waals surface area contributed by atoms with Crippen molar-refractivity contribution in [1.82, 2.24) is 0 Å². The second kappa shape index (κ2) is 9.46. The molecule has 0 amide bonds. The van der Waals surface area contributed by atoms with Crippen molar-refractivity contribution in [1.29, 1.82) is 0 Å². The summed E-state index contributed by atoms with van der Waals surface area (Å²) in [5.41, 5.74) is 2.14. The molecule has 4 rings (SSSR count). The molecule has 0 bridgehead atoms. The average molecular weight is 466 g/mol. The van der Waals surface area contributed by atoms with Crippen molar-refractivity contribution in [2.24, 2.45) is 5.16 Å². The van der Waals surface area contributed by atoms with Crippen molar-refractivity contribution < 1.29 is 27.9 Å². The molecule has 8 heteroatoms. The second-order valence-electron chi connectivity index (χ2n) is 7.60. The van der Waals surface area contributed by atoms with Crippen LogP contribution in [0.2, 0.25) is 0 Å². The summed E-state index contributed by atoms with van der Waals surface area (Å²) in [6, 6.07) is 20.7. The molecule has 1 aliphatic rings. The predicted octanol–water partition coefficient (Wildman–Crippen LogP) is 4.34. The average Bonchev–Trinajstić information content (AvgIpc) is 2.86. The smallest absolute Gasteiger partial charge is 0.341 e. The van der Waals surface area contributed by atoms with Gasteiger partial charge in [0.1, 0.15) is 23.2 Å². The molecule has 1 atom stereocenters. The zero-order valence-corrected chi connectivity index (χ0v) is 18.8. The van der Waals surface area contributed by atoms with E-state index in [1.807, 2.05) is 30.3 Å². The van der Waals surface area contributed by atoms with E-state index in [2.05, 4.69) is 5.16 Å². The van der Waals surface area contributed by atoms with E-state index in [0.717, 1.165) is 5.56 Å². The number of ether oxygens (including phenoxy) is 2. The molecule has 0 aliphatic heterocycles. The number of sulfone groups is 1. The van der Waals surface area contributed by atoms with Crippen LogP contribution >= 0.6 is 0 Å². The van der Waals surface area contributed by atoms with E-state index in [-0.39, 0.29) is 29.2 Å². The fourth-order valence-corrected chi connectivity index (χ4v) is 5.98. The Balaban J connectivity index is 1.82. The van der Waals surface area contributed by atoms with Gasteiger partial charge in [0.15, 0.2) is 9.84 Å². The lowest BCUT2D eigenvalue weighted by atomic mass is 9.86. The Morgan fingerprint density at radius 1 is 1.00 bits per heavy atom. The summed E-state index contributed by atoms with van der Waals surface area (Å²) in [4.78, 5) is 12.9. The summed E-state index contributed by atoms with van der Waals surface area (Å²) in [6.45, 7) is 0.235. The highest BCUT2D eigenvalue weighted by Crippen LogP contribution is 2.41. The zero-order valence-electron chi connectivity index (χ0n) is 18.0. The summed E-state index contributed by atoms with van der Waals surface area (Å²) in [5.74, 6) is -0.306. The first kappa shape index (κ1) is 22.5. The lowest BCUT2D eigenvalue weighted by Crippen LogP contribution is -2.29. The fraction of sp³-hybridized carbons (Fsp3) is 0.200. The van der Waals surface area contributed by atoms with Crippen LogP contribution < -0.4 is 4.74 Å². The third-order valence-corrected chi connectivity index (χ3v) is 7.74. The highest BCUT2D eigenvalue weighted by Gasteiger charge is 2.40. The van der Waals surface area contributed by atoms with Gasteiger partial charge >= 0.3 is 5.97 Å². The SMILES string of the molecule is COC(=O)c1c(OCc2ccccc2)ccc2c1CCC(=NO)C2S(=O)(=O)c1ccccc1. The van der Waals surface area contributed by atoms with Gasteiger partial charge in [-0.15, -0.1) is 0 Å². The first-order valence-corrected chi connectivity index (χ1v) is 11.9. The van der Waals surface area contributed by atoms with Gasteiger partial charge in [0.25, 0.3) is 0 Å². The predicted molar refractivity (Wildman–Crippen MR) is 122 cm³/mol. The van der Waals surface area contributed by atoms with E-state index in [1.54, 1.807) is 30.3 Å². The highest BCUT2D eigenvalue weighted by atomic mass is 32.2. The zero-order chi connectivity index (χ0) is 23.4. The van der Waals surface area contributed by atoms with E-state index in [1.165, 1.54) is 19.2 Å². The molecule has 0 fully saturated rings. The topological polar surface area (TPSA) is 102 Å². The molecule has 1 aliphatic carbocycles. The molecule has 33 heavy (non-hydrogen) atoms. The van der Waals surface area contributed by atoms with Gasteiger partial charge < -0.3 is 14.7 Å². The Kier molecular flexibility index (Phi) is 6.46. The normalized spacial score (nSPS) is 16.8. The van der Waals surface area contributed by atoms with E-state index in [4.69, 9.17) is 9.47 Å². The van der Waals surface area contributed by atoms with Gasteiger partial charge in [-0.1, -0.05) is 59.8 Å². The molecule has 3 aromatic rings. The monoisotopic (exact) mass is 465 g/mol. The van der Waals surface area contributed by atoms with Gasteiger partial charge in [-0.05, 0) is 47.7 Å². The van der Waals surface area contributed by atoms with Crippen LogP contribution in [0.15, 0.2) is 82.8 Å². The first-order chi connectivity index (χ1) is 16.0. The minimum atomic E-state index is -3.94. The minimum absolute atomic E-state index is 0.105. The lowest BCUT2D eigenvalue weighted by molar-refractivity contribution is 0.0594. The van der Waals surface area contributed by atoms with Gasteiger partial charge in [-0.3, -0.25) is 0 Å². The number of carbonyl (C=O) groups is 1. The summed E-state index contributed by atoms with van der Waals surface area (Å²) >= 11 is 0. The maximum atomic E-state index is 13.5. The number of fused-ring (bicyclic) bond motifs is 1. The number of rotatable bonds is 6. The van der Waals surface area contributed by atoms with Crippen molar-refractivity contribution >= 4 is 21.5 Å². The third-order valence-electron chi connectivity index (χ3n) is 5.66. The van der Waals surface area contributed by atoms with Gasteiger partial charge in [0.2, 0.25) is 0 Å². The van der Waals surface area contributed by atoms with Crippen molar-refractivity contribution in [3.05, 3.63) is 95.1 Å². The number of benzene rings is 3. The second-order valence-corrected chi connectivity index (χ2v) is 9.63. The van der Waals surface area contributed by atoms with Crippen LogP contribution in [-0.2, 0) is 27.6 Å². The van der Waals surface area contributed by atoms with Crippen LogP contribution in [0.4, 0.5) is 0 Å². The molecule has 0 aromatic heterocycles. The Morgan fingerprint density at radius 2 is 1.67 bits per heavy atom. The van der Waals surface area contributed by atoms with Crippen molar-refractivity contribution in [2.45, 2.75) is 29.6 Å². The molecule has 0 heterocycles. The maximum Gasteiger partial charge on any atom is 0.341 e. The number of carbonyl (C=O) groups excluding carboxylic acids is 1. The van der Waals surface area contributed by atoms with Crippen LogP contribution in [0, 0.1) is 0 Å². The quantitative estimate of drug-likeness (QED) is 0.330. The molecule has 1 unspecified atom stereocenters. The Bertz CT molecular complexity index is 1290. The molecule has 0 saturated heterocycles. The largest absolute Gasteiger partial charge is 0.488 e. The summed E-state index contributed by atoms with van der Waals surface area (Å²) in [6.07, 6.45) is 0.481. The van der Waals surface area contributed by atoms with Crippen LogP contribution in [0.5, 0.6) is 5.75 Å². The summed E-state index contributed by atoms with van der Waals surface area (Å²) in [7, 11) is -2.67. The van der Waals surface area contributed by atoms with Crippen LogP contribution in [0.25, 0.3) is 0 Å². The molecule has 7 nitrogen and oxygen atoms in total. The minimum Gasteiger partial charge on any atom is -0.488 e. The Hall–Kier alpha value is -3.65. The van der Waals surface area contributed by atoms with E-state index >= 15 is 0 Å². The number of hydrogen-bond acceptors (Lipinski definition) is 7. The molecule has 3 aromatic carbocycles. The number of nitrogens with zero attached hydrogens (tertiary/aromatic N) is 1. The number of oxime groups is 1. The Morgan fingerprint density at radius 3 is 2.30 bits per heavy atom. The summed E-state index contributed by atoms with van der Waals surface area (Å²) < 4.78 is 38.0. The van der Waals surface area contributed by atoms with E-state index in [9.17, 15) is 18.4 Å². The molecule has 0 saturated carbocycles. The maximum absolute atomic E-state index is 13.5. The van der Waals surface area contributed by atoms with Crippen LogP contribution in [0.1, 0.15) is 38.7 Å². The fourth-order valence-electron chi connectivity index (χ4n) is 4.10. The van der Waals surface area contributed by atoms with Gasteiger partial charge in [0, 0.05) is 0 Å². The highest BCUT2D eigenvalue weighted by molar-refractivity contribution is 7.92. The number of hydrogen-bond donors (Lipinski definition) is 1. The van der Waals surface area contributed by atoms with Gasteiger partial charge in [-0.2, -0.15) is 0 Å². The van der Waals surface area contributed by atoms with Crippen molar-refractivity contribution in [3.8, 4) is 5.75 Å². The molecular weight excluding hydrogens is 442 g/mol. The van der Waals surface area contributed by atoms with E-state index in [0.29, 0.717) is 23.3 Å². The first-order valence-electron chi connectivity index (χ1n) is 10.4. The molecule has 0 spiro atoms. The van der Waals surface area contributed by atoms with Crippen LogP contribution in [-0.4, -0.2) is 32.4 Å². The van der Waals surface area contributed by atoms with Gasteiger partial charge in [0.05, 0.1) is 17.7 Å². The number of esters is 1. The Labute approximate surface area is 192 Å². The van der Waals surface area contributed by atoms with Crippen molar-refractivity contribution in [2.75, 3.05) is 7.11 Å². The number of methoxy groups -OCH3 is 1.